The maximum atomic E-state index is 11.1. The predicted octanol–water partition coefficient (Wildman–Crippen LogP) is 2.73. The maximum Gasteiger partial charge on any atom is 0.160 e. The fourth-order valence-corrected chi connectivity index (χ4v) is 1.32. The van der Waals surface area contributed by atoms with Crippen LogP contribution in [0.4, 0.5) is 0 Å². The first-order valence-electron chi connectivity index (χ1n) is 4.33. The number of nitriles is 1. The average Bonchev–Trinajstić information content (AvgIpc) is 2.14. The topological polar surface area (TPSA) is 40.9 Å². The molecule has 2 nitrogen and oxygen atoms in total. The molecule has 0 saturated heterocycles. The molecule has 0 N–H and O–H groups in total. The van der Waals surface area contributed by atoms with Gasteiger partial charge in [0.25, 0.3) is 0 Å². The molecular formula is C12H11NO. The van der Waals surface area contributed by atoms with E-state index in [1.807, 2.05) is 25.1 Å². The molecule has 0 aromatic heterocycles. The second-order valence-electron chi connectivity index (χ2n) is 3.09. The van der Waals surface area contributed by atoms with E-state index in [0.717, 1.165) is 16.7 Å². The van der Waals surface area contributed by atoms with E-state index in [9.17, 15) is 4.79 Å². The SMILES string of the molecule is CC(=O)c1ccc(C=CC#N)cc1C. The number of carbonyl (C=O) groups excluding carboxylic acids is 1. The number of allylic oxidation sites excluding steroid dienone is 1. The number of benzene rings is 1. The summed E-state index contributed by atoms with van der Waals surface area (Å²) in [6.45, 7) is 3.44. The molecule has 0 bridgehead atoms. The lowest BCUT2D eigenvalue weighted by Crippen LogP contribution is -1.95. The molecule has 0 heterocycles. The van der Waals surface area contributed by atoms with Gasteiger partial charge in [-0.2, -0.15) is 5.26 Å². The predicted molar refractivity (Wildman–Crippen MR) is 55.8 cm³/mol. The highest BCUT2D eigenvalue weighted by molar-refractivity contribution is 5.95. The molecule has 0 radical (unpaired) electrons. The van der Waals surface area contributed by atoms with E-state index in [0.29, 0.717) is 0 Å². The standard InChI is InChI=1S/C12H11NO/c1-9-8-11(4-3-7-13)5-6-12(9)10(2)14/h3-6,8H,1-2H3. The Balaban J connectivity index is 3.08. The van der Waals surface area contributed by atoms with E-state index in [-0.39, 0.29) is 5.78 Å². The Bertz CT molecular complexity index is 424. The van der Waals surface area contributed by atoms with Crippen LogP contribution in [-0.2, 0) is 0 Å². The highest BCUT2D eigenvalue weighted by Gasteiger charge is 2.02. The Morgan fingerprint density at radius 3 is 2.71 bits per heavy atom. The Hall–Kier alpha value is -1.88. The molecule has 70 valence electrons. The van der Waals surface area contributed by atoms with Gasteiger partial charge in [0.15, 0.2) is 5.78 Å². The van der Waals surface area contributed by atoms with E-state index in [1.165, 1.54) is 6.08 Å². The van der Waals surface area contributed by atoms with Crippen molar-refractivity contribution < 1.29 is 4.79 Å². The maximum absolute atomic E-state index is 11.1. The highest BCUT2D eigenvalue weighted by atomic mass is 16.1. The first kappa shape index (κ1) is 10.2. The lowest BCUT2D eigenvalue weighted by atomic mass is 10.0. The molecule has 1 aromatic rings. The van der Waals surface area contributed by atoms with Crippen LogP contribution in [0.5, 0.6) is 0 Å². The van der Waals surface area contributed by atoms with Crippen molar-refractivity contribution in [1.29, 1.82) is 5.26 Å². The average molecular weight is 185 g/mol. The summed E-state index contributed by atoms with van der Waals surface area (Å²) in [5.74, 6) is 0.0679. The van der Waals surface area contributed by atoms with Crippen molar-refractivity contribution in [3.8, 4) is 6.07 Å². The third-order valence-corrected chi connectivity index (χ3v) is 1.98. The zero-order chi connectivity index (χ0) is 10.6. The van der Waals surface area contributed by atoms with Gasteiger partial charge < -0.3 is 0 Å². The summed E-state index contributed by atoms with van der Waals surface area (Å²) in [6.07, 6.45) is 3.14. The number of hydrogen-bond donors (Lipinski definition) is 0. The van der Waals surface area contributed by atoms with Gasteiger partial charge in [0.1, 0.15) is 0 Å². The number of hydrogen-bond acceptors (Lipinski definition) is 2. The molecule has 14 heavy (non-hydrogen) atoms. The van der Waals surface area contributed by atoms with E-state index in [1.54, 1.807) is 19.1 Å². The van der Waals surface area contributed by atoms with Gasteiger partial charge in [-0.25, -0.2) is 0 Å². The minimum atomic E-state index is 0.0679. The minimum absolute atomic E-state index is 0.0679. The van der Waals surface area contributed by atoms with Crippen LogP contribution in [0.2, 0.25) is 0 Å². The van der Waals surface area contributed by atoms with Crippen LogP contribution in [0.1, 0.15) is 28.4 Å². The number of ketones is 1. The second kappa shape index (κ2) is 4.38. The molecule has 0 atom stereocenters. The van der Waals surface area contributed by atoms with Gasteiger partial charge in [0.05, 0.1) is 6.07 Å². The number of rotatable bonds is 2. The van der Waals surface area contributed by atoms with Gasteiger partial charge in [0.2, 0.25) is 0 Å². The normalized spacial score (nSPS) is 10.1. The molecule has 0 amide bonds. The van der Waals surface area contributed by atoms with Crippen molar-refractivity contribution in [2.75, 3.05) is 0 Å². The van der Waals surface area contributed by atoms with Crippen molar-refractivity contribution >= 4 is 11.9 Å². The molecule has 1 rings (SSSR count). The molecule has 0 aliphatic rings. The van der Waals surface area contributed by atoms with Gasteiger partial charge in [0, 0.05) is 11.6 Å². The number of nitrogens with zero attached hydrogens (tertiary/aromatic N) is 1. The van der Waals surface area contributed by atoms with Gasteiger partial charge in [-0.1, -0.05) is 18.2 Å². The van der Waals surface area contributed by atoms with Crippen molar-refractivity contribution in [2.45, 2.75) is 13.8 Å². The zero-order valence-electron chi connectivity index (χ0n) is 8.24. The number of Topliss-reactive ketones (excluding diaryl/α,β-unsaturated/α-hetero) is 1. The van der Waals surface area contributed by atoms with Crippen molar-refractivity contribution in [1.82, 2.24) is 0 Å². The molecular weight excluding hydrogens is 174 g/mol. The van der Waals surface area contributed by atoms with Crippen molar-refractivity contribution in [3.63, 3.8) is 0 Å². The highest BCUT2D eigenvalue weighted by Crippen LogP contribution is 2.12. The van der Waals surface area contributed by atoms with Crippen LogP contribution >= 0.6 is 0 Å². The Morgan fingerprint density at radius 2 is 2.21 bits per heavy atom. The fraction of sp³-hybridized carbons (Fsp3) is 0.167. The molecule has 0 saturated carbocycles. The minimum Gasteiger partial charge on any atom is -0.295 e. The molecule has 0 fully saturated rings. The smallest absolute Gasteiger partial charge is 0.160 e. The summed E-state index contributed by atoms with van der Waals surface area (Å²) < 4.78 is 0. The summed E-state index contributed by atoms with van der Waals surface area (Å²) in [4.78, 5) is 11.1. The number of aryl methyl sites for hydroxylation is 1. The second-order valence-corrected chi connectivity index (χ2v) is 3.09. The molecule has 0 aliphatic carbocycles. The van der Waals surface area contributed by atoms with Crippen LogP contribution in [0.3, 0.4) is 0 Å². The first-order valence-corrected chi connectivity index (χ1v) is 4.33. The van der Waals surface area contributed by atoms with Crippen LogP contribution in [0.25, 0.3) is 6.08 Å². The Labute approximate surface area is 83.5 Å². The van der Waals surface area contributed by atoms with Crippen molar-refractivity contribution in [2.24, 2.45) is 0 Å². The van der Waals surface area contributed by atoms with Gasteiger partial charge in [-0.05, 0) is 31.1 Å². The first-order chi connectivity index (χ1) is 6.65. The summed E-state index contributed by atoms with van der Waals surface area (Å²) >= 11 is 0. The lowest BCUT2D eigenvalue weighted by Gasteiger charge is -2.02. The fourth-order valence-electron chi connectivity index (χ4n) is 1.32. The van der Waals surface area contributed by atoms with Crippen molar-refractivity contribution in [3.05, 3.63) is 41.0 Å². The van der Waals surface area contributed by atoms with E-state index >= 15 is 0 Å². The summed E-state index contributed by atoms with van der Waals surface area (Å²) in [6, 6.07) is 7.44. The Morgan fingerprint density at radius 1 is 1.50 bits per heavy atom. The zero-order valence-corrected chi connectivity index (χ0v) is 8.24. The monoisotopic (exact) mass is 185 g/mol. The van der Waals surface area contributed by atoms with Crippen LogP contribution in [-0.4, -0.2) is 5.78 Å². The summed E-state index contributed by atoms with van der Waals surface area (Å²) in [5, 5.41) is 8.35. The van der Waals surface area contributed by atoms with Crippen LogP contribution < -0.4 is 0 Å². The Kier molecular flexibility index (Phi) is 3.19. The largest absolute Gasteiger partial charge is 0.295 e. The molecule has 0 unspecified atom stereocenters. The molecule has 2 heteroatoms. The van der Waals surface area contributed by atoms with Gasteiger partial charge in [-0.15, -0.1) is 0 Å². The molecule has 0 aliphatic heterocycles. The van der Waals surface area contributed by atoms with E-state index in [2.05, 4.69) is 0 Å². The van der Waals surface area contributed by atoms with E-state index < -0.39 is 0 Å². The molecule has 0 spiro atoms. The van der Waals surface area contributed by atoms with Crippen LogP contribution in [0, 0.1) is 18.3 Å². The third kappa shape index (κ3) is 2.30. The van der Waals surface area contributed by atoms with Gasteiger partial charge >= 0.3 is 0 Å². The van der Waals surface area contributed by atoms with E-state index in [4.69, 9.17) is 5.26 Å². The van der Waals surface area contributed by atoms with Crippen LogP contribution in [0.15, 0.2) is 24.3 Å². The summed E-state index contributed by atoms with van der Waals surface area (Å²) in [5.41, 5.74) is 2.62. The van der Waals surface area contributed by atoms with Gasteiger partial charge in [-0.3, -0.25) is 4.79 Å². The number of carbonyl (C=O) groups is 1. The quantitative estimate of drug-likeness (QED) is 0.525. The summed E-state index contributed by atoms with van der Waals surface area (Å²) in [7, 11) is 0. The lowest BCUT2D eigenvalue weighted by molar-refractivity contribution is 0.101. The molecule has 1 aromatic carbocycles. The third-order valence-electron chi connectivity index (χ3n) is 1.98.